The van der Waals surface area contributed by atoms with E-state index in [1.54, 1.807) is 12.1 Å². The van der Waals surface area contributed by atoms with E-state index in [-0.39, 0.29) is 18.6 Å². The number of carbonyl (C=O) groups excluding carboxylic acids is 2. The van der Waals surface area contributed by atoms with Gasteiger partial charge < -0.3 is 24.6 Å². The van der Waals surface area contributed by atoms with Crippen molar-refractivity contribution in [1.29, 1.82) is 0 Å². The summed E-state index contributed by atoms with van der Waals surface area (Å²) < 4.78 is 9.72. The average molecular weight is 470 g/mol. The van der Waals surface area contributed by atoms with Gasteiger partial charge in [0.25, 0.3) is 5.97 Å². The van der Waals surface area contributed by atoms with Crippen LogP contribution in [0.25, 0.3) is 0 Å². The second kappa shape index (κ2) is 15.4. The number of aliphatic hydroxyl groups excluding tert-OH is 1. The molecule has 0 bridgehead atoms. The normalized spacial score (nSPS) is 16.6. The highest BCUT2D eigenvalue weighted by atomic mass is 35.5. The summed E-state index contributed by atoms with van der Waals surface area (Å²) in [5, 5.41) is 18.3. The molecule has 9 heteroatoms. The molecule has 0 aromatic heterocycles. The van der Waals surface area contributed by atoms with Crippen molar-refractivity contribution >= 4 is 29.4 Å². The van der Waals surface area contributed by atoms with Crippen LogP contribution >= 0.6 is 11.6 Å². The first-order valence-corrected chi connectivity index (χ1v) is 10.8. The van der Waals surface area contributed by atoms with Crippen LogP contribution in [0.3, 0.4) is 0 Å². The zero-order valence-electron chi connectivity index (χ0n) is 18.5. The Morgan fingerprint density at radius 2 is 2.06 bits per heavy atom. The molecule has 1 aromatic rings. The molecule has 1 fully saturated rings. The quantitative estimate of drug-likeness (QED) is 0.291. The number of rotatable bonds is 11. The smallest absolute Gasteiger partial charge is 0.331 e. The zero-order valence-corrected chi connectivity index (χ0v) is 19.3. The molecule has 0 spiro atoms. The second-order valence-electron chi connectivity index (χ2n) is 7.33. The summed E-state index contributed by atoms with van der Waals surface area (Å²) >= 11 is 5.97. The maximum Gasteiger partial charge on any atom is 0.331 e. The molecule has 1 saturated heterocycles. The Balaban J connectivity index is 0.00000118. The fraction of sp³-hybridized carbons (Fsp3) is 0.522. The van der Waals surface area contributed by atoms with Gasteiger partial charge in [0.05, 0.1) is 19.3 Å². The molecule has 1 unspecified atom stereocenters. The predicted octanol–water partition coefficient (Wildman–Crippen LogP) is 2.85. The lowest BCUT2D eigenvalue weighted by Gasteiger charge is -2.22. The number of halogens is 1. The van der Waals surface area contributed by atoms with Crippen molar-refractivity contribution in [3.63, 3.8) is 0 Å². The summed E-state index contributed by atoms with van der Waals surface area (Å²) in [7, 11) is 1.32. The third kappa shape index (κ3) is 11.8. The fourth-order valence-electron chi connectivity index (χ4n) is 3.18. The first-order chi connectivity index (χ1) is 15.2. The molecule has 2 N–H and O–H groups in total. The van der Waals surface area contributed by atoms with Gasteiger partial charge in [0.1, 0.15) is 6.61 Å². The molecular weight excluding hydrogens is 438 g/mol. The van der Waals surface area contributed by atoms with Crippen molar-refractivity contribution in [3.05, 3.63) is 47.0 Å². The number of carboxylic acids is 1. The number of hydrogen-bond acceptors (Lipinski definition) is 6. The van der Waals surface area contributed by atoms with Crippen molar-refractivity contribution in [2.24, 2.45) is 0 Å². The third-order valence-corrected chi connectivity index (χ3v) is 4.88. The summed E-state index contributed by atoms with van der Waals surface area (Å²) in [5.41, 5.74) is 0.968. The van der Waals surface area contributed by atoms with E-state index in [9.17, 15) is 14.7 Å². The van der Waals surface area contributed by atoms with Gasteiger partial charge in [-0.2, -0.15) is 0 Å². The summed E-state index contributed by atoms with van der Waals surface area (Å²) in [6.45, 7) is 2.13. The Morgan fingerprint density at radius 1 is 1.34 bits per heavy atom. The molecule has 2 atom stereocenters. The minimum absolute atomic E-state index is 0.0116. The lowest BCUT2D eigenvalue weighted by atomic mass is 10.1. The molecule has 32 heavy (non-hydrogen) atoms. The maximum atomic E-state index is 12.1. The monoisotopic (exact) mass is 469 g/mol. The molecular formula is C23H32ClNO7. The number of unbranched alkanes of at least 4 members (excludes halogenated alkanes) is 1. The standard InChI is InChI=1S/C21H28ClNO5.C2H4O2/c1-27-21(26)15-28-12-3-2-11-23-18(8-10-20(23)25)7-9-19(24)14-16-5-4-6-17(22)13-16;1-2(3)4/h4-7,9,13,18-19,24H,2-3,8,10-12,14-15H2,1H3;1H3,(H,3,4)/b9-7+;/t18-,19?;/m0./s1. The zero-order chi connectivity index (χ0) is 23.9. The second-order valence-corrected chi connectivity index (χ2v) is 7.77. The molecule has 1 aromatic carbocycles. The van der Waals surface area contributed by atoms with Gasteiger partial charge in [-0.1, -0.05) is 35.9 Å². The van der Waals surface area contributed by atoms with Crippen LogP contribution in [-0.2, 0) is 30.3 Å². The molecule has 2 rings (SSSR count). The number of hydrogen-bond donors (Lipinski definition) is 2. The molecule has 1 aliphatic rings. The number of ether oxygens (including phenoxy) is 2. The lowest BCUT2D eigenvalue weighted by molar-refractivity contribution is -0.146. The van der Waals surface area contributed by atoms with Crippen molar-refractivity contribution < 1.29 is 34.1 Å². The number of methoxy groups -OCH3 is 1. The van der Waals surface area contributed by atoms with Crippen LogP contribution in [0.2, 0.25) is 5.02 Å². The Kier molecular flexibility index (Phi) is 13.3. The topological polar surface area (TPSA) is 113 Å². The highest BCUT2D eigenvalue weighted by molar-refractivity contribution is 6.30. The molecule has 0 radical (unpaired) electrons. The largest absolute Gasteiger partial charge is 0.481 e. The van der Waals surface area contributed by atoms with E-state index < -0.39 is 18.0 Å². The van der Waals surface area contributed by atoms with E-state index >= 15 is 0 Å². The van der Waals surface area contributed by atoms with E-state index in [0.29, 0.717) is 31.0 Å². The number of carboxylic acid groups (broad SMARTS) is 1. The van der Waals surface area contributed by atoms with Crippen molar-refractivity contribution in [3.8, 4) is 0 Å². The molecule has 0 aliphatic carbocycles. The Bertz CT molecular complexity index is 764. The summed E-state index contributed by atoms with van der Waals surface area (Å²) in [6, 6.07) is 7.44. The minimum Gasteiger partial charge on any atom is -0.481 e. The lowest BCUT2D eigenvalue weighted by Crippen LogP contribution is -2.33. The van der Waals surface area contributed by atoms with Crippen LogP contribution in [0.1, 0.15) is 38.2 Å². The van der Waals surface area contributed by atoms with Crippen LogP contribution in [0, 0.1) is 0 Å². The van der Waals surface area contributed by atoms with Crippen LogP contribution in [0.4, 0.5) is 0 Å². The van der Waals surface area contributed by atoms with Gasteiger partial charge >= 0.3 is 5.97 Å². The molecule has 1 amide bonds. The van der Waals surface area contributed by atoms with Gasteiger partial charge in [-0.15, -0.1) is 0 Å². The molecule has 1 aliphatic heterocycles. The van der Waals surface area contributed by atoms with Crippen molar-refractivity contribution in [2.75, 3.05) is 26.9 Å². The number of likely N-dealkylation sites (tertiary alicyclic amines) is 1. The Morgan fingerprint density at radius 3 is 2.72 bits per heavy atom. The van der Waals surface area contributed by atoms with Crippen LogP contribution in [0.15, 0.2) is 36.4 Å². The van der Waals surface area contributed by atoms with Crippen LogP contribution < -0.4 is 0 Å². The average Bonchev–Trinajstić information content (AvgIpc) is 3.08. The Hall–Kier alpha value is -2.42. The van der Waals surface area contributed by atoms with Crippen molar-refractivity contribution in [2.45, 2.75) is 51.2 Å². The molecule has 0 saturated carbocycles. The number of amides is 1. The van der Waals surface area contributed by atoms with E-state index in [4.69, 9.17) is 26.2 Å². The molecule has 1 heterocycles. The van der Waals surface area contributed by atoms with Crippen molar-refractivity contribution in [1.82, 2.24) is 4.90 Å². The Labute approximate surface area is 193 Å². The van der Waals surface area contributed by atoms with E-state index in [1.165, 1.54) is 7.11 Å². The van der Waals surface area contributed by atoms with Gasteiger partial charge in [-0.3, -0.25) is 9.59 Å². The molecule has 178 valence electrons. The number of aliphatic carboxylic acids is 1. The highest BCUT2D eigenvalue weighted by Crippen LogP contribution is 2.21. The first-order valence-electron chi connectivity index (χ1n) is 10.5. The number of esters is 1. The van der Waals surface area contributed by atoms with Gasteiger partial charge in [-0.25, -0.2) is 4.79 Å². The van der Waals surface area contributed by atoms with Gasteiger partial charge in [0, 0.05) is 37.9 Å². The van der Waals surface area contributed by atoms with Gasteiger partial charge in [0.15, 0.2) is 0 Å². The highest BCUT2D eigenvalue weighted by Gasteiger charge is 2.28. The molecule has 8 nitrogen and oxygen atoms in total. The van der Waals surface area contributed by atoms with Crippen LogP contribution in [-0.4, -0.2) is 72.0 Å². The summed E-state index contributed by atoms with van der Waals surface area (Å²) in [5.74, 6) is -1.09. The number of carbonyl (C=O) groups is 3. The summed E-state index contributed by atoms with van der Waals surface area (Å²) in [6.07, 6.45) is 6.38. The fourth-order valence-corrected chi connectivity index (χ4v) is 3.39. The van der Waals surface area contributed by atoms with E-state index in [2.05, 4.69) is 4.74 Å². The number of nitrogens with zero attached hydrogens (tertiary/aromatic N) is 1. The van der Waals surface area contributed by atoms with Gasteiger partial charge in [0.2, 0.25) is 5.91 Å². The van der Waals surface area contributed by atoms with E-state index in [0.717, 1.165) is 31.7 Å². The summed E-state index contributed by atoms with van der Waals surface area (Å²) in [4.78, 5) is 33.9. The van der Waals surface area contributed by atoms with Crippen LogP contribution in [0.5, 0.6) is 0 Å². The first kappa shape index (κ1) is 27.6. The maximum absolute atomic E-state index is 12.1. The number of benzene rings is 1. The third-order valence-electron chi connectivity index (χ3n) is 4.65. The van der Waals surface area contributed by atoms with Gasteiger partial charge in [-0.05, 0) is 37.0 Å². The predicted molar refractivity (Wildman–Crippen MR) is 120 cm³/mol. The SMILES string of the molecule is CC(=O)O.COC(=O)COCCCCN1C(=O)CC[C@@H]1/C=C/C(O)Cc1cccc(Cl)c1. The minimum atomic E-state index is -0.833. The number of aliphatic hydroxyl groups is 1. The van der Waals surface area contributed by atoms with E-state index in [1.807, 2.05) is 29.2 Å².